The Morgan fingerprint density at radius 2 is 2.22 bits per heavy atom. The summed E-state index contributed by atoms with van der Waals surface area (Å²) in [6, 6.07) is 6.03. The summed E-state index contributed by atoms with van der Waals surface area (Å²) < 4.78 is 5.20. The number of fused-ring (bicyclic) bond motifs is 1. The molecule has 0 aromatic heterocycles. The second-order valence-corrected chi connectivity index (χ2v) is 6.03. The van der Waals surface area contributed by atoms with Crippen molar-refractivity contribution in [3.05, 3.63) is 23.2 Å². The molecule has 1 N–H and O–H groups in total. The first-order valence-corrected chi connectivity index (χ1v) is 6.67. The quantitative estimate of drug-likeness (QED) is 0.911. The number of hydrogen-bond acceptors (Lipinski definition) is 3. The van der Waals surface area contributed by atoms with Gasteiger partial charge in [-0.1, -0.05) is 25.4 Å². The van der Waals surface area contributed by atoms with Gasteiger partial charge < -0.3 is 15.0 Å². The van der Waals surface area contributed by atoms with E-state index in [9.17, 15) is 0 Å². The molecule has 0 spiro atoms. The highest BCUT2D eigenvalue weighted by Crippen LogP contribution is 2.35. The second kappa shape index (κ2) is 5.37. The summed E-state index contributed by atoms with van der Waals surface area (Å²) >= 11 is 6.07. The Labute approximate surface area is 114 Å². The van der Waals surface area contributed by atoms with Crippen molar-refractivity contribution in [2.45, 2.75) is 13.8 Å². The number of hydrogen-bond donors (Lipinski definition) is 1. The fourth-order valence-corrected chi connectivity index (χ4v) is 2.49. The first-order chi connectivity index (χ1) is 8.52. The third-order valence-electron chi connectivity index (χ3n) is 3.24. The summed E-state index contributed by atoms with van der Waals surface area (Å²) in [6.07, 6.45) is 0. The zero-order valence-electron chi connectivity index (χ0n) is 11.3. The van der Waals surface area contributed by atoms with Gasteiger partial charge in [0.15, 0.2) is 0 Å². The Morgan fingerprint density at radius 3 is 2.94 bits per heavy atom. The minimum atomic E-state index is 0.221. The van der Waals surface area contributed by atoms with E-state index in [-0.39, 0.29) is 5.41 Å². The van der Waals surface area contributed by atoms with Crippen molar-refractivity contribution in [1.82, 2.24) is 0 Å². The molecule has 1 aliphatic heterocycles. The van der Waals surface area contributed by atoms with Gasteiger partial charge in [-0.3, -0.25) is 0 Å². The maximum Gasteiger partial charge on any atom is 0.0637 e. The van der Waals surface area contributed by atoms with Gasteiger partial charge in [0, 0.05) is 31.8 Å². The smallest absolute Gasteiger partial charge is 0.0637 e. The molecule has 100 valence electrons. The van der Waals surface area contributed by atoms with Crippen LogP contribution < -0.4 is 10.2 Å². The van der Waals surface area contributed by atoms with Gasteiger partial charge in [-0.25, -0.2) is 0 Å². The van der Waals surface area contributed by atoms with Crippen LogP contribution in [0, 0.1) is 5.41 Å². The van der Waals surface area contributed by atoms with Crippen molar-refractivity contribution < 1.29 is 4.74 Å². The second-order valence-electron chi connectivity index (χ2n) is 5.59. The lowest BCUT2D eigenvalue weighted by Crippen LogP contribution is -2.37. The van der Waals surface area contributed by atoms with Crippen LogP contribution in [0.5, 0.6) is 0 Å². The standard InChI is InChI=1S/C14H21ClN2O/c1-14(2)9-16-12-8-11(15)4-5-13(12)17(10-14)6-7-18-3/h4-5,8,16H,6-7,9-10H2,1-3H3. The molecule has 1 heterocycles. The average molecular weight is 269 g/mol. The van der Waals surface area contributed by atoms with Gasteiger partial charge in [0.05, 0.1) is 18.0 Å². The van der Waals surface area contributed by atoms with E-state index in [1.807, 2.05) is 12.1 Å². The summed E-state index contributed by atoms with van der Waals surface area (Å²) in [7, 11) is 1.74. The van der Waals surface area contributed by atoms with Gasteiger partial charge in [0.2, 0.25) is 0 Å². The molecule has 18 heavy (non-hydrogen) atoms. The molecular weight excluding hydrogens is 248 g/mol. The summed E-state index contributed by atoms with van der Waals surface area (Å²) in [5.41, 5.74) is 2.55. The molecular formula is C14H21ClN2O. The maximum absolute atomic E-state index is 6.07. The predicted octanol–water partition coefficient (Wildman–Crippen LogP) is 3.24. The van der Waals surface area contributed by atoms with Gasteiger partial charge >= 0.3 is 0 Å². The fourth-order valence-electron chi connectivity index (χ4n) is 2.32. The lowest BCUT2D eigenvalue weighted by atomic mass is 9.93. The summed E-state index contributed by atoms with van der Waals surface area (Å²) in [5, 5.41) is 4.27. The lowest BCUT2D eigenvalue weighted by molar-refractivity contribution is 0.203. The minimum absolute atomic E-state index is 0.221. The molecule has 4 heteroatoms. The Morgan fingerprint density at radius 1 is 1.44 bits per heavy atom. The van der Waals surface area contributed by atoms with Crippen LogP contribution in [0.25, 0.3) is 0 Å². The third-order valence-corrected chi connectivity index (χ3v) is 3.48. The summed E-state index contributed by atoms with van der Waals surface area (Å²) in [5.74, 6) is 0. The normalized spacial score (nSPS) is 17.9. The number of nitrogens with zero attached hydrogens (tertiary/aromatic N) is 1. The van der Waals surface area contributed by atoms with Crippen LogP contribution in [0.2, 0.25) is 5.02 Å². The fraction of sp³-hybridized carbons (Fsp3) is 0.571. The maximum atomic E-state index is 6.07. The predicted molar refractivity (Wildman–Crippen MR) is 77.8 cm³/mol. The summed E-state index contributed by atoms with van der Waals surface area (Å²) in [4.78, 5) is 2.37. The monoisotopic (exact) mass is 268 g/mol. The van der Waals surface area contributed by atoms with E-state index in [2.05, 4.69) is 30.1 Å². The number of benzene rings is 1. The van der Waals surface area contributed by atoms with E-state index in [4.69, 9.17) is 16.3 Å². The number of anilines is 2. The Balaban J connectivity index is 2.30. The van der Waals surface area contributed by atoms with Crippen molar-refractivity contribution in [2.24, 2.45) is 5.41 Å². The molecule has 1 aromatic rings. The Kier molecular flexibility index (Phi) is 4.03. The van der Waals surface area contributed by atoms with E-state index >= 15 is 0 Å². The van der Waals surface area contributed by atoms with Crippen molar-refractivity contribution in [1.29, 1.82) is 0 Å². The number of rotatable bonds is 3. The number of halogens is 1. The summed E-state index contributed by atoms with van der Waals surface area (Å²) in [6.45, 7) is 8.14. The molecule has 0 bridgehead atoms. The number of ether oxygens (including phenoxy) is 1. The van der Waals surface area contributed by atoms with Gasteiger partial charge in [0.1, 0.15) is 0 Å². The molecule has 1 aromatic carbocycles. The Bertz CT molecular complexity index is 420. The van der Waals surface area contributed by atoms with Crippen molar-refractivity contribution >= 4 is 23.0 Å². The van der Waals surface area contributed by atoms with Crippen LogP contribution in [0.4, 0.5) is 11.4 Å². The molecule has 0 radical (unpaired) electrons. The number of methoxy groups -OCH3 is 1. The van der Waals surface area contributed by atoms with E-state index in [0.29, 0.717) is 0 Å². The molecule has 0 fully saturated rings. The molecule has 0 saturated carbocycles. The molecule has 0 unspecified atom stereocenters. The topological polar surface area (TPSA) is 24.5 Å². The van der Waals surface area contributed by atoms with Gasteiger partial charge in [-0.2, -0.15) is 0 Å². The average Bonchev–Trinajstić information content (AvgIpc) is 2.44. The van der Waals surface area contributed by atoms with Gasteiger partial charge in [-0.15, -0.1) is 0 Å². The highest BCUT2D eigenvalue weighted by Gasteiger charge is 2.27. The van der Waals surface area contributed by atoms with Crippen LogP contribution in [-0.2, 0) is 4.74 Å². The molecule has 0 atom stereocenters. The van der Waals surface area contributed by atoms with Crippen LogP contribution in [0.15, 0.2) is 18.2 Å². The molecule has 3 nitrogen and oxygen atoms in total. The minimum Gasteiger partial charge on any atom is -0.383 e. The molecule has 2 rings (SSSR count). The van der Waals surface area contributed by atoms with Gasteiger partial charge in [0.25, 0.3) is 0 Å². The Hall–Kier alpha value is -0.930. The van der Waals surface area contributed by atoms with Crippen LogP contribution in [0.1, 0.15) is 13.8 Å². The highest BCUT2D eigenvalue weighted by atomic mass is 35.5. The lowest BCUT2D eigenvalue weighted by Gasteiger charge is -2.30. The van der Waals surface area contributed by atoms with Crippen molar-refractivity contribution in [3.63, 3.8) is 0 Å². The van der Waals surface area contributed by atoms with Crippen molar-refractivity contribution in [2.75, 3.05) is 43.6 Å². The largest absolute Gasteiger partial charge is 0.383 e. The zero-order valence-corrected chi connectivity index (χ0v) is 12.0. The number of nitrogens with one attached hydrogen (secondary N) is 1. The molecule has 1 aliphatic rings. The zero-order chi connectivity index (χ0) is 13.2. The van der Waals surface area contributed by atoms with Crippen LogP contribution in [0.3, 0.4) is 0 Å². The molecule has 0 saturated heterocycles. The van der Waals surface area contributed by atoms with E-state index in [0.717, 1.165) is 37.0 Å². The van der Waals surface area contributed by atoms with Crippen LogP contribution >= 0.6 is 11.6 Å². The van der Waals surface area contributed by atoms with E-state index in [1.54, 1.807) is 7.11 Å². The molecule has 0 amide bonds. The third kappa shape index (κ3) is 3.09. The van der Waals surface area contributed by atoms with Gasteiger partial charge in [-0.05, 0) is 23.6 Å². The van der Waals surface area contributed by atoms with E-state index in [1.165, 1.54) is 5.69 Å². The van der Waals surface area contributed by atoms with Crippen LogP contribution in [-0.4, -0.2) is 33.4 Å². The van der Waals surface area contributed by atoms with E-state index < -0.39 is 0 Å². The first kappa shape index (κ1) is 13.5. The first-order valence-electron chi connectivity index (χ1n) is 6.29. The molecule has 0 aliphatic carbocycles. The van der Waals surface area contributed by atoms with Crippen molar-refractivity contribution in [3.8, 4) is 0 Å². The highest BCUT2D eigenvalue weighted by molar-refractivity contribution is 6.31. The SMILES string of the molecule is COCCN1CC(C)(C)CNc2cc(Cl)ccc21.